The number of benzene rings is 2. The Balaban J connectivity index is 0.00000323. The number of hydrogen-bond acceptors (Lipinski definition) is 3. The van der Waals surface area contributed by atoms with E-state index in [0.29, 0.717) is 56.7 Å². The van der Waals surface area contributed by atoms with Gasteiger partial charge in [0.1, 0.15) is 11.7 Å². The Morgan fingerprint density at radius 1 is 1.07 bits per heavy atom. The standard InChI is InChI=1S/C31H37F3N2O3.ClH/c1-38-27-8-4-6-23-28(27)39-16-14-30(23)19-35-18-24(30)29(37)36-15-11-21(22-5-2-3-7-25(22)32)17-26(36)20-9-12-31(33,34)13-10-20;/h2-8,20-21,24,26,35H,9-19H2,1H3;1H/t21-,24+,26+,30+;/m1./s1. The Labute approximate surface area is 240 Å². The van der Waals surface area contributed by atoms with Crippen molar-refractivity contribution in [3.05, 3.63) is 59.4 Å². The van der Waals surface area contributed by atoms with Gasteiger partial charge in [0.15, 0.2) is 11.5 Å². The number of hydrogen-bond donors (Lipinski definition) is 1. The molecule has 1 amide bonds. The lowest BCUT2D eigenvalue weighted by Crippen LogP contribution is -3.00. The lowest BCUT2D eigenvalue weighted by molar-refractivity contribution is -0.640. The van der Waals surface area contributed by atoms with Crippen LogP contribution in [-0.4, -0.2) is 56.1 Å². The van der Waals surface area contributed by atoms with Crippen molar-refractivity contribution < 1.29 is 45.2 Å². The van der Waals surface area contributed by atoms with Crippen LogP contribution < -0.4 is 27.2 Å². The van der Waals surface area contributed by atoms with Crippen LogP contribution in [0.3, 0.4) is 0 Å². The summed E-state index contributed by atoms with van der Waals surface area (Å²) < 4.78 is 54.7. The molecule has 3 fully saturated rings. The SMILES string of the molecule is COc1cccc2c1OCC[C@]21C[NH2+]C[C@H]1C(=O)N1CC[C@@H](c2ccccc2F)C[C@H]1C1CCC(F)(F)CC1.[Cl-]. The molecule has 2 N–H and O–H groups in total. The third-order valence-corrected chi connectivity index (χ3v) is 9.98. The highest BCUT2D eigenvalue weighted by Crippen LogP contribution is 2.50. The van der Waals surface area contributed by atoms with Crippen molar-refractivity contribution in [2.24, 2.45) is 11.8 Å². The molecule has 0 unspecified atom stereocenters. The number of carbonyl (C=O) groups excluding carboxylic acids is 1. The smallest absolute Gasteiger partial charge is 0.248 e. The highest BCUT2D eigenvalue weighted by molar-refractivity contribution is 5.82. The van der Waals surface area contributed by atoms with Gasteiger partial charge in [0.25, 0.3) is 0 Å². The monoisotopic (exact) mass is 578 g/mol. The minimum atomic E-state index is -2.64. The van der Waals surface area contributed by atoms with Gasteiger partial charge in [-0.05, 0) is 61.6 Å². The number of nitrogens with zero attached hydrogens (tertiary/aromatic N) is 1. The predicted octanol–water partition coefficient (Wildman–Crippen LogP) is 1.65. The quantitative estimate of drug-likeness (QED) is 0.600. The van der Waals surface area contributed by atoms with Crippen LogP contribution in [0.15, 0.2) is 42.5 Å². The van der Waals surface area contributed by atoms with E-state index in [0.717, 1.165) is 24.3 Å². The minimum Gasteiger partial charge on any atom is -1.00 e. The maximum Gasteiger partial charge on any atom is 0.248 e. The van der Waals surface area contributed by atoms with E-state index >= 15 is 0 Å². The molecule has 9 heteroatoms. The average Bonchev–Trinajstić information content (AvgIpc) is 3.36. The number of ether oxygens (including phenoxy) is 2. The van der Waals surface area contributed by atoms with Gasteiger partial charge < -0.3 is 32.1 Å². The van der Waals surface area contributed by atoms with Crippen LogP contribution in [0.1, 0.15) is 62.0 Å². The van der Waals surface area contributed by atoms with Crippen molar-refractivity contribution in [2.75, 3.05) is 33.4 Å². The fourth-order valence-electron chi connectivity index (χ4n) is 7.93. The molecule has 1 aliphatic carbocycles. The number of halogens is 4. The van der Waals surface area contributed by atoms with Gasteiger partial charge in [0.05, 0.1) is 32.2 Å². The Morgan fingerprint density at radius 2 is 1.85 bits per heavy atom. The first-order valence-electron chi connectivity index (χ1n) is 14.4. The molecule has 218 valence electrons. The van der Waals surface area contributed by atoms with Crippen LogP contribution in [-0.2, 0) is 10.2 Å². The van der Waals surface area contributed by atoms with E-state index in [9.17, 15) is 18.0 Å². The zero-order valence-electron chi connectivity index (χ0n) is 22.9. The number of likely N-dealkylation sites (tertiary alicyclic amines) is 1. The Bertz CT molecular complexity index is 1220. The molecule has 40 heavy (non-hydrogen) atoms. The van der Waals surface area contributed by atoms with Crippen molar-refractivity contribution in [3.8, 4) is 11.5 Å². The Hall–Kier alpha value is -2.45. The number of alkyl halides is 2. The number of piperidine rings is 1. The normalized spacial score (nSPS) is 29.8. The third-order valence-electron chi connectivity index (χ3n) is 9.98. The van der Waals surface area contributed by atoms with Gasteiger partial charge >= 0.3 is 0 Å². The summed E-state index contributed by atoms with van der Waals surface area (Å²) in [6.07, 6.45) is 2.51. The van der Waals surface area contributed by atoms with E-state index in [1.807, 2.05) is 29.2 Å². The second-order valence-corrected chi connectivity index (χ2v) is 11.9. The molecule has 2 saturated heterocycles. The molecule has 4 aliphatic rings. The van der Waals surface area contributed by atoms with Crippen molar-refractivity contribution >= 4 is 5.91 Å². The van der Waals surface area contributed by atoms with Crippen molar-refractivity contribution in [3.63, 3.8) is 0 Å². The van der Waals surface area contributed by atoms with Crippen LogP contribution in [0.5, 0.6) is 11.5 Å². The van der Waals surface area contributed by atoms with Crippen LogP contribution in [0, 0.1) is 17.7 Å². The lowest BCUT2D eigenvalue weighted by Gasteiger charge is -2.47. The van der Waals surface area contributed by atoms with E-state index in [1.54, 1.807) is 13.2 Å². The van der Waals surface area contributed by atoms with Crippen molar-refractivity contribution in [2.45, 2.75) is 68.2 Å². The van der Waals surface area contributed by atoms with E-state index < -0.39 is 5.92 Å². The van der Waals surface area contributed by atoms with E-state index in [-0.39, 0.29) is 66.2 Å². The van der Waals surface area contributed by atoms with Crippen molar-refractivity contribution in [1.29, 1.82) is 0 Å². The minimum absolute atomic E-state index is 0. The molecule has 1 spiro atoms. The summed E-state index contributed by atoms with van der Waals surface area (Å²) in [6, 6.07) is 12.6. The molecular formula is C31H38ClF3N2O3. The fourth-order valence-corrected chi connectivity index (χ4v) is 7.93. The van der Waals surface area contributed by atoms with Gasteiger partial charge in [-0.15, -0.1) is 0 Å². The number of amides is 1. The molecule has 4 atom stereocenters. The van der Waals surface area contributed by atoms with Gasteiger partial charge in [-0.25, -0.2) is 13.2 Å². The summed E-state index contributed by atoms with van der Waals surface area (Å²) in [7, 11) is 1.63. The molecule has 1 saturated carbocycles. The lowest BCUT2D eigenvalue weighted by atomic mass is 9.67. The highest BCUT2D eigenvalue weighted by atomic mass is 35.5. The molecule has 0 aromatic heterocycles. The molecule has 6 rings (SSSR count). The van der Waals surface area contributed by atoms with Crippen LogP contribution >= 0.6 is 0 Å². The van der Waals surface area contributed by atoms with Gasteiger partial charge in [0.2, 0.25) is 11.8 Å². The fraction of sp³-hybridized carbons (Fsp3) is 0.581. The first-order chi connectivity index (χ1) is 18.8. The maximum atomic E-state index is 14.8. The second kappa shape index (κ2) is 11.4. The van der Waals surface area contributed by atoms with Gasteiger partial charge in [-0.3, -0.25) is 4.79 Å². The van der Waals surface area contributed by atoms with E-state index in [4.69, 9.17) is 9.47 Å². The third kappa shape index (κ3) is 5.06. The van der Waals surface area contributed by atoms with E-state index in [2.05, 4.69) is 11.4 Å². The number of para-hydroxylation sites is 1. The summed E-state index contributed by atoms with van der Waals surface area (Å²) in [5, 5.41) is 2.22. The van der Waals surface area contributed by atoms with Crippen LogP contribution in [0.4, 0.5) is 13.2 Å². The summed E-state index contributed by atoms with van der Waals surface area (Å²) in [5.41, 5.74) is 1.33. The van der Waals surface area contributed by atoms with Gasteiger partial charge in [-0.2, -0.15) is 0 Å². The van der Waals surface area contributed by atoms with Crippen LogP contribution in [0.25, 0.3) is 0 Å². The second-order valence-electron chi connectivity index (χ2n) is 11.9. The first-order valence-corrected chi connectivity index (χ1v) is 14.4. The van der Waals surface area contributed by atoms with Crippen LogP contribution in [0.2, 0.25) is 0 Å². The zero-order valence-corrected chi connectivity index (χ0v) is 23.6. The van der Waals surface area contributed by atoms with E-state index in [1.165, 1.54) is 6.07 Å². The van der Waals surface area contributed by atoms with Crippen molar-refractivity contribution in [1.82, 2.24) is 4.90 Å². The molecule has 2 aromatic carbocycles. The molecular weight excluding hydrogens is 541 g/mol. The maximum absolute atomic E-state index is 14.8. The average molecular weight is 579 g/mol. The first kappa shape index (κ1) is 29.1. The largest absolute Gasteiger partial charge is 1.00 e. The Morgan fingerprint density at radius 3 is 2.60 bits per heavy atom. The summed E-state index contributed by atoms with van der Waals surface area (Å²) >= 11 is 0. The van der Waals surface area contributed by atoms with Gasteiger partial charge in [0, 0.05) is 31.0 Å². The highest BCUT2D eigenvalue weighted by Gasteiger charge is 2.56. The molecule has 0 radical (unpaired) electrons. The number of methoxy groups -OCH3 is 1. The number of carbonyl (C=O) groups is 1. The molecule has 3 aliphatic heterocycles. The predicted molar refractivity (Wildman–Crippen MR) is 141 cm³/mol. The number of rotatable bonds is 4. The molecule has 2 aromatic rings. The molecule has 0 bridgehead atoms. The topological polar surface area (TPSA) is 55.4 Å². The molecule has 5 nitrogen and oxygen atoms in total. The Kier molecular flexibility index (Phi) is 8.31. The number of quaternary nitrogens is 1. The number of fused-ring (bicyclic) bond motifs is 2. The zero-order chi connectivity index (χ0) is 27.2. The summed E-state index contributed by atoms with van der Waals surface area (Å²) in [6.45, 7) is 2.50. The van der Waals surface area contributed by atoms with Gasteiger partial charge in [-0.1, -0.05) is 30.3 Å². The summed E-state index contributed by atoms with van der Waals surface area (Å²) in [5.74, 6) is -1.64. The summed E-state index contributed by atoms with van der Waals surface area (Å²) in [4.78, 5) is 16.5. The molecule has 3 heterocycles. The number of nitrogens with two attached hydrogens (primary N) is 1.